The van der Waals surface area contributed by atoms with Gasteiger partial charge in [0.1, 0.15) is 0 Å². The Hall–Kier alpha value is -2.49. The van der Waals surface area contributed by atoms with Gasteiger partial charge in [0.25, 0.3) is 0 Å². The number of carbonyl (C=O) groups is 1. The quantitative estimate of drug-likeness (QED) is 0.834. The molecule has 2 aromatic rings. The predicted octanol–water partition coefficient (Wildman–Crippen LogP) is 2.40. The largest absolute Gasteiger partial charge is 0.478 e. The minimum absolute atomic E-state index is 0.285. The molecule has 1 aromatic heterocycles. The van der Waals surface area contributed by atoms with E-state index in [1.165, 1.54) is 0 Å². The van der Waals surface area contributed by atoms with E-state index in [2.05, 4.69) is 9.98 Å². The Morgan fingerprint density at radius 3 is 2.61 bits per heavy atom. The van der Waals surface area contributed by atoms with Crippen LogP contribution in [0.2, 0.25) is 0 Å². The fourth-order valence-electron chi connectivity index (χ4n) is 1.45. The van der Waals surface area contributed by atoms with Crippen LogP contribution in [0.5, 0.6) is 0 Å². The van der Waals surface area contributed by atoms with Gasteiger partial charge >= 0.3 is 5.97 Å². The number of aliphatic imine (C=N–C) groups is 1. The van der Waals surface area contributed by atoms with E-state index in [0.29, 0.717) is 6.54 Å². The molecule has 0 atom stereocenters. The Balaban J connectivity index is 1.98. The Morgan fingerprint density at radius 2 is 2.00 bits per heavy atom. The smallest absolute Gasteiger partial charge is 0.335 e. The van der Waals surface area contributed by atoms with Crippen LogP contribution in [0, 0.1) is 0 Å². The number of aromatic carboxylic acids is 1. The predicted molar refractivity (Wildman–Crippen MR) is 68.9 cm³/mol. The maximum atomic E-state index is 10.7. The number of nitrogens with zero attached hydrogens (tertiary/aromatic N) is 2. The molecule has 4 heteroatoms. The molecule has 0 saturated carbocycles. The first-order valence-corrected chi connectivity index (χ1v) is 5.49. The van der Waals surface area contributed by atoms with E-state index >= 15 is 0 Å². The zero-order chi connectivity index (χ0) is 12.8. The third-order valence-corrected chi connectivity index (χ3v) is 2.39. The van der Waals surface area contributed by atoms with E-state index in [1.807, 2.05) is 18.2 Å². The van der Waals surface area contributed by atoms with Gasteiger partial charge in [-0.25, -0.2) is 4.79 Å². The molecule has 2 rings (SSSR count). The van der Waals surface area contributed by atoms with E-state index in [1.54, 1.807) is 36.7 Å². The summed E-state index contributed by atoms with van der Waals surface area (Å²) in [5.41, 5.74) is 2.05. The normalized spacial score (nSPS) is 10.7. The van der Waals surface area contributed by atoms with E-state index in [9.17, 15) is 4.79 Å². The molecule has 4 nitrogen and oxygen atoms in total. The van der Waals surface area contributed by atoms with Gasteiger partial charge in [0.05, 0.1) is 17.8 Å². The lowest BCUT2D eigenvalue weighted by Crippen LogP contribution is -1.95. The van der Waals surface area contributed by atoms with Crippen LogP contribution in [0.1, 0.15) is 21.6 Å². The second kappa shape index (κ2) is 5.72. The van der Waals surface area contributed by atoms with Crippen molar-refractivity contribution in [1.82, 2.24) is 4.98 Å². The Labute approximate surface area is 105 Å². The molecule has 0 saturated heterocycles. The lowest BCUT2D eigenvalue weighted by atomic mass is 10.1. The van der Waals surface area contributed by atoms with Crippen LogP contribution < -0.4 is 0 Å². The number of rotatable bonds is 4. The van der Waals surface area contributed by atoms with Crippen LogP contribution in [0.4, 0.5) is 0 Å². The number of hydrogen-bond acceptors (Lipinski definition) is 3. The second-order valence-electron chi connectivity index (χ2n) is 3.73. The molecule has 1 N–H and O–H groups in total. The highest BCUT2D eigenvalue weighted by Crippen LogP contribution is 2.05. The number of carboxylic acids is 1. The number of benzene rings is 1. The van der Waals surface area contributed by atoms with Gasteiger partial charge in [-0.3, -0.25) is 9.98 Å². The number of hydrogen-bond donors (Lipinski definition) is 1. The topological polar surface area (TPSA) is 62.5 Å². The fraction of sp³-hybridized carbons (Fsp3) is 0.0714. The molecule has 1 heterocycles. The molecular weight excluding hydrogens is 228 g/mol. The maximum absolute atomic E-state index is 10.7. The molecule has 0 bridgehead atoms. The summed E-state index contributed by atoms with van der Waals surface area (Å²) in [5.74, 6) is -0.918. The van der Waals surface area contributed by atoms with Crippen molar-refractivity contribution in [3.05, 3.63) is 65.5 Å². The minimum atomic E-state index is -0.918. The third kappa shape index (κ3) is 3.25. The lowest BCUT2D eigenvalue weighted by molar-refractivity contribution is 0.0697. The molecule has 0 aliphatic rings. The molecule has 0 aliphatic carbocycles. The summed E-state index contributed by atoms with van der Waals surface area (Å²) in [5, 5.41) is 8.76. The molecule has 0 amide bonds. The molecule has 0 spiro atoms. The fourth-order valence-corrected chi connectivity index (χ4v) is 1.45. The highest BCUT2D eigenvalue weighted by molar-refractivity contribution is 5.87. The summed E-state index contributed by atoms with van der Waals surface area (Å²) in [7, 11) is 0. The van der Waals surface area contributed by atoms with Gasteiger partial charge in [0.15, 0.2) is 0 Å². The van der Waals surface area contributed by atoms with Gasteiger partial charge in [0, 0.05) is 12.4 Å². The van der Waals surface area contributed by atoms with Crippen LogP contribution in [-0.2, 0) is 6.54 Å². The molecule has 0 radical (unpaired) electrons. The molecular formula is C14H12N2O2. The highest BCUT2D eigenvalue weighted by atomic mass is 16.4. The monoisotopic (exact) mass is 240 g/mol. The Morgan fingerprint density at radius 1 is 1.22 bits per heavy atom. The summed E-state index contributed by atoms with van der Waals surface area (Å²) in [4.78, 5) is 19.0. The minimum Gasteiger partial charge on any atom is -0.478 e. The summed E-state index contributed by atoms with van der Waals surface area (Å²) < 4.78 is 0. The highest BCUT2D eigenvalue weighted by Gasteiger charge is 2.00. The zero-order valence-electron chi connectivity index (χ0n) is 9.65. The summed E-state index contributed by atoms with van der Waals surface area (Å²) in [6.07, 6.45) is 3.41. The van der Waals surface area contributed by atoms with Crippen molar-refractivity contribution < 1.29 is 9.90 Å². The third-order valence-electron chi connectivity index (χ3n) is 2.39. The van der Waals surface area contributed by atoms with Gasteiger partial charge in [-0.2, -0.15) is 0 Å². The lowest BCUT2D eigenvalue weighted by Gasteiger charge is -1.98. The second-order valence-corrected chi connectivity index (χ2v) is 3.73. The molecule has 1 aromatic carbocycles. The SMILES string of the molecule is O=C(O)c1ccc(C/N=C/c2ccccn2)cc1. The van der Waals surface area contributed by atoms with E-state index in [0.717, 1.165) is 11.3 Å². The maximum Gasteiger partial charge on any atom is 0.335 e. The van der Waals surface area contributed by atoms with Crippen LogP contribution in [0.25, 0.3) is 0 Å². The summed E-state index contributed by atoms with van der Waals surface area (Å²) >= 11 is 0. The molecule has 0 unspecified atom stereocenters. The number of carboxylic acid groups (broad SMARTS) is 1. The van der Waals surface area contributed by atoms with Crippen molar-refractivity contribution in [1.29, 1.82) is 0 Å². The van der Waals surface area contributed by atoms with Gasteiger partial charge in [0.2, 0.25) is 0 Å². The standard InChI is InChI=1S/C14H12N2O2/c17-14(18)12-6-4-11(5-7-12)9-15-10-13-3-1-2-8-16-13/h1-8,10H,9H2,(H,17,18)/b15-10+. The first-order chi connectivity index (χ1) is 8.75. The summed E-state index contributed by atoms with van der Waals surface area (Å²) in [6.45, 7) is 0.510. The van der Waals surface area contributed by atoms with Gasteiger partial charge < -0.3 is 5.11 Å². The summed E-state index contributed by atoms with van der Waals surface area (Å²) in [6, 6.07) is 12.3. The van der Waals surface area contributed by atoms with Crippen molar-refractivity contribution in [3.63, 3.8) is 0 Å². The number of aromatic nitrogens is 1. The van der Waals surface area contributed by atoms with Crippen molar-refractivity contribution in [2.75, 3.05) is 0 Å². The zero-order valence-corrected chi connectivity index (χ0v) is 9.65. The average molecular weight is 240 g/mol. The van der Waals surface area contributed by atoms with E-state index in [-0.39, 0.29) is 5.56 Å². The van der Waals surface area contributed by atoms with Gasteiger partial charge in [-0.1, -0.05) is 18.2 Å². The van der Waals surface area contributed by atoms with Crippen LogP contribution in [0.15, 0.2) is 53.7 Å². The Kier molecular flexibility index (Phi) is 3.81. The molecule has 0 fully saturated rings. The first-order valence-electron chi connectivity index (χ1n) is 5.49. The van der Waals surface area contributed by atoms with E-state index < -0.39 is 5.97 Å². The average Bonchev–Trinajstić information content (AvgIpc) is 2.40. The van der Waals surface area contributed by atoms with Crippen molar-refractivity contribution >= 4 is 12.2 Å². The van der Waals surface area contributed by atoms with Crippen molar-refractivity contribution in [3.8, 4) is 0 Å². The molecule has 90 valence electrons. The molecule has 18 heavy (non-hydrogen) atoms. The van der Waals surface area contributed by atoms with Crippen molar-refractivity contribution in [2.45, 2.75) is 6.54 Å². The van der Waals surface area contributed by atoms with Gasteiger partial charge in [-0.15, -0.1) is 0 Å². The number of pyridine rings is 1. The van der Waals surface area contributed by atoms with Crippen LogP contribution in [-0.4, -0.2) is 22.3 Å². The first kappa shape index (κ1) is 12.0. The van der Waals surface area contributed by atoms with Crippen LogP contribution >= 0.6 is 0 Å². The van der Waals surface area contributed by atoms with Crippen molar-refractivity contribution in [2.24, 2.45) is 4.99 Å². The van der Waals surface area contributed by atoms with E-state index in [4.69, 9.17) is 5.11 Å². The molecule has 0 aliphatic heterocycles. The van der Waals surface area contributed by atoms with Crippen LogP contribution in [0.3, 0.4) is 0 Å². The van der Waals surface area contributed by atoms with Gasteiger partial charge in [-0.05, 0) is 29.8 Å². The Bertz CT molecular complexity index is 548.